The Morgan fingerprint density at radius 1 is 0.966 bits per heavy atom. The molecule has 3 aromatic heterocycles. The molecule has 0 unspecified atom stereocenters. The second-order valence-electron chi connectivity index (χ2n) is 6.87. The quantitative estimate of drug-likeness (QED) is 0.425. The maximum Gasteiger partial charge on any atom is 0.340 e. The van der Waals surface area contributed by atoms with Crippen molar-refractivity contribution in [1.29, 1.82) is 0 Å². The van der Waals surface area contributed by atoms with Crippen LogP contribution in [0, 0.1) is 6.92 Å². The van der Waals surface area contributed by atoms with E-state index in [1.807, 2.05) is 55.5 Å². The number of furan rings is 2. The summed E-state index contributed by atoms with van der Waals surface area (Å²) >= 11 is 0. The van der Waals surface area contributed by atoms with Crippen molar-refractivity contribution in [1.82, 2.24) is 9.88 Å². The number of ether oxygens (including phenoxy) is 1. The van der Waals surface area contributed by atoms with Crippen molar-refractivity contribution in [2.75, 3.05) is 7.11 Å². The van der Waals surface area contributed by atoms with Crippen LogP contribution in [0.15, 0.2) is 69.9 Å². The highest BCUT2D eigenvalue weighted by molar-refractivity contribution is 5.98. The topological polar surface area (TPSA) is 68.7 Å². The number of hydrogen-bond acceptors (Lipinski definition) is 6. The van der Waals surface area contributed by atoms with Gasteiger partial charge in [0, 0.05) is 11.9 Å². The molecule has 0 atom stereocenters. The Balaban J connectivity index is 1.74. The summed E-state index contributed by atoms with van der Waals surface area (Å²) in [6.07, 6.45) is 3.30. The number of methoxy groups -OCH3 is 1. The van der Waals surface area contributed by atoms with Crippen LogP contribution in [-0.2, 0) is 24.4 Å². The van der Waals surface area contributed by atoms with Gasteiger partial charge in [0.05, 0.1) is 49.5 Å². The molecule has 4 aromatic rings. The van der Waals surface area contributed by atoms with E-state index in [9.17, 15) is 4.79 Å². The van der Waals surface area contributed by atoms with Crippen molar-refractivity contribution >= 4 is 16.9 Å². The minimum atomic E-state index is -0.383. The molecule has 0 saturated carbocycles. The highest BCUT2D eigenvalue weighted by atomic mass is 16.5. The van der Waals surface area contributed by atoms with Gasteiger partial charge in [0.1, 0.15) is 11.5 Å². The number of esters is 1. The first-order valence-electron chi connectivity index (χ1n) is 9.39. The molecule has 1 aromatic carbocycles. The number of aromatic nitrogens is 1. The highest BCUT2D eigenvalue weighted by Crippen LogP contribution is 2.25. The number of benzene rings is 1. The lowest BCUT2D eigenvalue weighted by Crippen LogP contribution is -2.24. The van der Waals surface area contributed by atoms with Crippen molar-refractivity contribution in [2.45, 2.75) is 26.6 Å². The summed E-state index contributed by atoms with van der Waals surface area (Å²) in [6.45, 7) is 3.49. The lowest BCUT2D eigenvalue weighted by atomic mass is 10.0. The molecule has 0 aliphatic carbocycles. The first-order valence-corrected chi connectivity index (χ1v) is 9.39. The van der Waals surface area contributed by atoms with Gasteiger partial charge in [-0.2, -0.15) is 0 Å². The molecule has 0 N–H and O–H groups in total. The summed E-state index contributed by atoms with van der Waals surface area (Å²) in [6, 6.07) is 15.4. The van der Waals surface area contributed by atoms with Gasteiger partial charge in [-0.1, -0.05) is 18.2 Å². The van der Waals surface area contributed by atoms with Crippen LogP contribution in [0.1, 0.15) is 33.1 Å². The van der Waals surface area contributed by atoms with Gasteiger partial charge in [0.25, 0.3) is 0 Å². The molecule has 6 heteroatoms. The third-order valence-corrected chi connectivity index (χ3v) is 4.91. The number of carbonyl (C=O) groups is 1. The Kier molecular flexibility index (Phi) is 5.44. The fraction of sp³-hybridized carbons (Fsp3) is 0.217. The van der Waals surface area contributed by atoms with E-state index in [1.54, 1.807) is 12.5 Å². The number of para-hydroxylation sites is 1. The Morgan fingerprint density at radius 2 is 1.62 bits per heavy atom. The number of rotatable bonds is 7. The number of hydrogen-bond donors (Lipinski definition) is 0. The molecule has 4 rings (SSSR count). The van der Waals surface area contributed by atoms with Crippen molar-refractivity contribution in [2.24, 2.45) is 0 Å². The van der Waals surface area contributed by atoms with E-state index in [-0.39, 0.29) is 5.97 Å². The van der Waals surface area contributed by atoms with Gasteiger partial charge in [0.15, 0.2) is 0 Å². The number of carbonyl (C=O) groups excluding carboxylic acids is 1. The van der Waals surface area contributed by atoms with E-state index in [2.05, 4.69) is 4.90 Å². The fourth-order valence-electron chi connectivity index (χ4n) is 3.55. The van der Waals surface area contributed by atoms with Gasteiger partial charge >= 0.3 is 5.97 Å². The Labute approximate surface area is 168 Å². The van der Waals surface area contributed by atoms with Crippen LogP contribution < -0.4 is 0 Å². The number of fused-ring (bicyclic) bond motifs is 1. The van der Waals surface area contributed by atoms with E-state index in [4.69, 9.17) is 18.6 Å². The zero-order chi connectivity index (χ0) is 20.2. The normalized spacial score (nSPS) is 11.3. The average molecular weight is 390 g/mol. The van der Waals surface area contributed by atoms with E-state index in [0.29, 0.717) is 30.9 Å². The summed E-state index contributed by atoms with van der Waals surface area (Å²) in [4.78, 5) is 19.5. The zero-order valence-corrected chi connectivity index (χ0v) is 16.4. The van der Waals surface area contributed by atoms with Crippen LogP contribution >= 0.6 is 0 Å². The third-order valence-electron chi connectivity index (χ3n) is 4.91. The summed E-state index contributed by atoms with van der Waals surface area (Å²) in [5, 5.41) is 0.945. The zero-order valence-electron chi connectivity index (χ0n) is 16.4. The van der Waals surface area contributed by atoms with Crippen LogP contribution in [0.25, 0.3) is 10.9 Å². The maximum absolute atomic E-state index is 12.6. The van der Waals surface area contributed by atoms with E-state index >= 15 is 0 Å². The molecule has 3 heterocycles. The second kappa shape index (κ2) is 8.32. The fourth-order valence-corrected chi connectivity index (χ4v) is 3.55. The summed E-state index contributed by atoms with van der Waals surface area (Å²) in [5.74, 6) is 1.27. The summed E-state index contributed by atoms with van der Waals surface area (Å²) in [7, 11) is 1.39. The van der Waals surface area contributed by atoms with Crippen LogP contribution in [0.2, 0.25) is 0 Å². The average Bonchev–Trinajstić information content (AvgIpc) is 3.42. The number of aryl methyl sites for hydroxylation is 1. The molecule has 0 radical (unpaired) electrons. The standard InChI is InChI=1S/C23H22N2O4/c1-16-19-9-3-4-10-20(19)24-21(22(16)23(26)27-2)15-25(13-17-7-5-11-28-17)14-18-8-6-12-29-18/h3-12H,13-15H2,1-2H3. The molecule has 6 nitrogen and oxygen atoms in total. The van der Waals surface area contributed by atoms with Gasteiger partial charge in [-0.25, -0.2) is 4.79 Å². The molecule has 0 bridgehead atoms. The largest absolute Gasteiger partial charge is 0.468 e. The first-order chi connectivity index (χ1) is 14.2. The molecule has 0 aliphatic rings. The number of pyridine rings is 1. The number of nitrogens with zero attached hydrogens (tertiary/aromatic N) is 2. The molecule has 0 saturated heterocycles. The molecule has 0 spiro atoms. The molecule has 0 aliphatic heterocycles. The Morgan fingerprint density at radius 3 is 2.21 bits per heavy atom. The lowest BCUT2D eigenvalue weighted by molar-refractivity contribution is 0.0596. The van der Waals surface area contributed by atoms with Gasteiger partial charge in [-0.15, -0.1) is 0 Å². The summed E-state index contributed by atoms with van der Waals surface area (Å²) < 4.78 is 16.1. The lowest BCUT2D eigenvalue weighted by Gasteiger charge is -2.22. The van der Waals surface area contributed by atoms with E-state index < -0.39 is 0 Å². The van der Waals surface area contributed by atoms with Crippen molar-refractivity contribution in [3.63, 3.8) is 0 Å². The maximum atomic E-state index is 12.6. The first kappa shape index (κ1) is 19.0. The van der Waals surface area contributed by atoms with Crippen molar-refractivity contribution in [3.05, 3.63) is 89.4 Å². The SMILES string of the molecule is COC(=O)c1c(CN(Cc2ccco2)Cc2ccco2)nc2ccccc2c1C. The molecular weight excluding hydrogens is 368 g/mol. The van der Waals surface area contributed by atoms with Gasteiger partial charge in [-0.3, -0.25) is 9.88 Å². The predicted octanol–water partition coefficient (Wildman–Crippen LogP) is 4.72. The van der Waals surface area contributed by atoms with E-state index in [1.165, 1.54) is 7.11 Å². The van der Waals surface area contributed by atoms with Gasteiger partial charge in [-0.05, 0) is 42.8 Å². The van der Waals surface area contributed by atoms with E-state index in [0.717, 1.165) is 28.0 Å². The Bertz CT molecular complexity index is 1070. The Hall–Kier alpha value is -3.38. The van der Waals surface area contributed by atoms with Crippen LogP contribution in [0.3, 0.4) is 0 Å². The van der Waals surface area contributed by atoms with Crippen LogP contribution in [-0.4, -0.2) is 23.0 Å². The predicted molar refractivity (Wildman–Crippen MR) is 108 cm³/mol. The monoisotopic (exact) mass is 390 g/mol. The second-order valence-corrected chi connectivity index (χ2v) is 6.87. The molecule has 0 amide bonds. The molecule has 0 fully saturated rings. The molecule has 29 heavy (non-hydrogen) atoms. The van der Waals surface area contributed by atoms with Crippen LogP contribution in [0.4, 0.5) is 0 Å². The van der Waals surface area contributed by atoms with Crippen molar-refractivity contribution in [3.8, 4) is 0 Å². The third kappa shape index (κ3) is 4.07. The van der Waals surface area contributed by atoms with Crippen molar-refractivity contribution < 1.29 is 18.4 Å². The van der Waals surface area contributed by atoms with Gasteiger partial charge < -0.3 is 13.6 Å². The minimum absolute atomic E-state index is 0.383. The van der Waals surface area contributed by atoms with Gasteiger partial charge in [0.2, 0.25) is 0 Å². The molecular formula is C23H22N2O4. The van der Waals surface area contributed by atoms with Crippen LogP contribution in [0.5, 0.6) is 0 Å². The highest BCUT2D eigenvalue weighted by Gasteiger charge is 2.22. The minimum Gasteiger partial charge on any atom is -0.468 e. The smallest absolute Gasteiger partial charge is 0.340 e. The molecule has 148 valence electrons. The summed E-state index contributed by atoms with van der Waals surface area (Å²) in [5.41, 5.74) is 2.90.